The second-order valence-corrected chi connectivity index (χ2v) is 4.50. The van der Waals surface area contributed by atoms with Gasteiger partial charge in [0.15, 0.2) is 0 Å². The van der Waals surface area contributed by atoms with Gasteiger partial charge < -0.3 is 14.8 Å². The fourth-order valence-electron chi connectivity index (χ4n) is 0.939. The topological polar surface area (TPSA) is 47.6 Å². The van der Waals surface area contributed by atoms with E-state index in [1.54, 1.807) is 7.11 Å². The number of halogens is 1. The van der Waals surface area contributed by atoms with Crippen molar-refractivity contribution in [2.24, 2.45) is 5.92 Å². The highest BCUT2D eigenvalue weighted by Gasteiger charge is 2.14. The summed E-state index contributed by atoms with van der Waals surface area (Å²) >= 11 is 2.27. The molecule has 0 aromatic heterocycles. The summed E-state index contributed by atoms with van der Waals surface area (Å²) in [6.07, 6.45) is 0. The molecule has 15 heavy (non-hydrogen) atoms. The number of methoxy groups -OCH3 is 1. The van der Waals surface area contributed by atoms with Crippen molar-refractivity contribution < 1.29 is 14.3 Å². The van der Waals surface area contributed by atoms with E-state index in [4.69, 9.17) is 9.47 Å². The minimum absolute atomic E-state index is 0.0542. The van der Waals surface area contributed by atoms with Gasteiger partial charge in [-0.15, -0.1) is 0 Å². The van der Waals surface area contributed by atoms with Crippen LogP contribution in [0, 0.1) is 5.92 Å². The molecule has 0 aliphatic carbocycles. The molecule has 5 heteroatoms. The molecule has 0 aliphatic rings. The minimum Gasteiger partial charge on any atom is -0.382 e. The monoisotopic (exact) mass is 329 g/mol. The maximum Gasteiger partial charge on any atom is 0.246 e. The number of amides is 1. The van der Waals surface area contributed by atoms with E-state index >= 15 is 0 Å². The third kappa shape index (κ3) is 7.98. The van der Waals surface area contributed by atoms with Crippen LogP contribution in [-0.4, -0.2) is 43.3 Å². The molecule has 0 saturated heterocycles. The largest absolute Gasteiger partial charge is 0.382 e. The standard InChI is InChI=1S/C10H20INO3/c1-8(2)9(6-11)12-10(13)7-15-5-4-14-3/h8-9H,4-7H2,1-3H3,(H,12,13). The summed E-state index contributed by atoms with van der Waals surface area (Å²) in [7, 11) is 1.61. The van der Waals surface area contributed by atoms with E-state index in [0.29, 0.717) is 19.1 Å². The van der Waals surface area contributed by atoms with Gasteiger partial charge in [-0.05, 0) is 5.92 Å². The normalized spacial score (nSPS) is 12.9. The number of rotatable bonds is 8. The van der Waals surface area contributed by atoms with Gasteiger partial charge in [-0.25, -0.2) is 0 Å². The molecule has 0 aromatic carbocycles. The molecule has 0 aromatic rings. The SMILES string of the molecule is COCCOCC(=O)NC(CI)C(C)C. The van der Waals surface area contributed by atoms with Crippen LogP contribution in [0.2, 0.25) is 0 Å². The van der Waals surface area contributed by atoms with Crippen molar-refractivity contribution >= 4 is 28.5 Å². The highest BCUT2D eigenvalue weighted by molar-refractivity contribution is 14.1. The Morgan fingerprint density at radius 1 is 1.40 bits per heavy atom. The van der Waals surface area contributed by atoms with Crippen molar-refractivity contribution in [2.45, 2.75) is 19.9 Å². The van der Waals surface area contributed by atoms with Gasteiger partial charge in [-0.2, -0.15) is 0 Å². The zero-order valence-electron chi connectivity index (χ0n) is 9.59. The lowest BCUT2D eigenvalue weighted by Crippen LogP contribution is -2.41. The third-order valence-electron chi connectivity index (χ3n) is 1.98. The van der Waals surface area contributed by atoms with Crippen LogP contribution >= 0.6 is 22.6 Å². The number of hydrogen-bond donors (Lipinski definition) is 1. The van der Waals surface area contributed by atoms with Gasteiger partial charge in [-0.1, -0.05) is 36.4 Å². The Morgan fingerprint density at radius 3 is 2.53 bits per heavy atom. The van der Waals surface area contributed by atoms with Gasteiger partial charge in [0.05, 0.1) is 13.2 Å². The average molecular weight is 329 g/mol. The Balaban J connectivity index is 3.62. The number of hydrogen-bond acceptors (Lipinski definition) is 3. The highest BCUT2D eigenvalue weighted by atomic mass is 127. The van der Waals surface area contributed by atoms with Crippen LogP contribution in [0.15, 0.2) is 0 Å². The summed E-state index contributed by atoms with van der Waals surface area (Å²) in [4.78, 5) is 11.4. The summed E-state index contributed by atoms with van der Waals surface area (Å²) in [5.74, 6) is 0.395. The first-order chi connectivity index (χ1) is 7.11. The molecule has 1 atom stereocenters. The van der Waals surface area contributed by atoms with Crippen LogP contribution in [0.4, 0.5) is 0 Å². The first kappa shape index (κ1) is 15.1. The molecule has 90 valence electrons. The number of nitrogens with one attached hydrogen (secondary N) is 1. The predicted octanol–water partition coefficient (Wildman–Crippen LogP) is 1.23. The Kier molecular flexibility index (Phi) is 9.43. The van der Waals surface area contributed by atoms with Crippen LogP contribution in [0.5, 0.6) is 0 Å². The van der Waals surface area contributed by atoms with Gasteiger partial charge in [0.1, 0.15) is 6.61 Å². The van der Waals surface area contributed by atoms with Crippen molar-refractivity contribution in [3.05, 3.63) is 0 Å². The van der Waals surface area contributed by atoms with Gasteiger partial charge in [-0.3, -0.25) is 4.79 Å². The van der Waals surface area contributed by atoms with E-state index in [0.717, 1.165) is 4.43 Å². The molecule has 0 spiro atoms. The maximum atomic E-state index is 11.4. The lowest BCUT2D eigenvalue weighted by atomic mass is 10.1. The van der Waals surface area contributed by atoms with Gasteiger partial charge >= 0.3 is 0 Å². The zero-order valence-corrected chi connectivity index (χ0v) is 11.7. The fraction of sp³-hybridized carbons (Fsp3) is 0.900. The second kappa shape index (κ2) is 9.35. The predicted molar refractivity (Wildman–Crippen MR) is 68.4 cm³/mol. The Hall–Kier alpha value is 0.120. The minimum atomic E-state index is -0.0542. The van der Waals surface area contributed by atoms with Gasteiger partial charge in [0.2, 0.25) is 5.91 Å². The number of carbonyl (C=O) groups excluding carboxylic acids is 1. The van der Waals surface area contributed by atoms with Crippen LogP contribution in [0.25, 0.3) is 0 Å². The van der Waals surface area contributed by atoms with E-state index in [1.807, 2.05) is 0 Å². The average Bonchev–Trinajstić information content (AvgIpc) is 2.20. The Bertz CT molecular complexity index is 176. The van der Waals surface area contributed by atoms with Crippen LogP contribution in [0.1, 0.15) is 13.8 Å². The van der Waals surface area contributed by atoms with Crippen LogP contribution in [-0.2, 0) is 14.3 Å². The van der Waals surface area contributed by atoms with Crippen molar-refractivity contribution in [2.75, 3.05) is 31.4 Å². The van der Waals surface area contributed by atoms with E-state index in [2.05, 4.69) is 41.8 Å². The Labute approximate surface area is 105 Å². The molecule has 0 heterocycles. The molecule has 1 N–H and O–H groups in total. The lowest BCUT2D eigenvalue weighted by Gasteiger charge is -2.19. The molecule has 0 radical (unpaired) electrons. The van der Waals surface area contributed by atoms with Crippen molar-refractivity contribution in [1.29, 1.82) is 0 Å². The Morgan fingerprint density at radius 2 is 2.07 bits per heavy atom. The summed E-state index contributed by atoms with van der Waals surface area (Å²) in [5.41, 5.74) is 0. The smallest absolute Gasteiger partial charge is 0.246 e. The summed E-state index contributed by atoms with van der Waals surface area (Å²) in [5, 5.41) is 2.93. The van der Waals surface area contributed by atoms with E-state index in [9.17, 15) is 4.79 Å². The highest BCUT2D eigenvalue weighted by Crippen LogP contribution is 2.04. The first-order valence-corrected chi connectivity index (χ1v) is 6.56. The van der Waals surface area contributed by atoms with Crippen LogP contribution in [0.3, 0.4) is 0 Å². The third-order valence-corrected chi connectivity index (χ3v) is 2.93. The maximum absolute atomic E-state index is 11.4. The molecule has 0 rings (SSSR count). The fourth-order valence-corrected chi connectivity index (χ4v) is 2.18. The van der Waals surface area contributed by atoms with E-state index in [1.165, 1.54) is 0 Å². The molecule has 0 bridgehead atoms. The number of alkyl halides is 1. The summed E-state index contributed by atoms with van der Waals surface area (Å²) in [6.45, 7) is 5.28. The molecule has 4 nitrogen and oxygen atoms in total. The summed E-state index contributed by atoms with van der Waals surface area (Å²) < 4.78 is 10.8. The van der Waals surface area contributed by atoms with Crippen molar-refractivity contribution in [3.8, 4) is 0 Å². The molecule has 1 unspecified atom stereocenters. The molecule has 0 aliphatic heterocycles. The first-order valence-electron chi connectivity index (χ1n) is 5.03. The lowest BCUT2D eigenvalue weighted by molar-refractivity contribution is -0.126. The number of carbonyl (C=O) groups is 1. The van der Waals surface area contributed by atoms with Gasteiger partial charge in [0.25, 0.3) is 0 Å². The quantitative estimate of drug-likeness (QED) is 0.414. The molecule has 0 fully saturated rings. The van der Waals surface area contributed by atoms with E-state index in [-0.39, 0.29) is 18.6 Å². The molecular weight excluding hydrogens is 309 g/mol. The van der Waals surface area contributed by atoms with Crippen LogP contribution < -0.4 is 5.32 Å². The van der Waals surface area contributed by atoms with E-state index < -0.39 is 0 Å². The zero-order chi connectivity index (χ0) is 11.7. The molecular formula is C10H20INO3. The van der Waals surface area contributed by atoms with Crippen molar-refractivity contribution in [3.63, 3.8) is 0 Å². The molecule has 0 saturated carbocycles. The molecule has 1 amide bonds. The van der Waals surface area contributed by atoms with Gasteiger partial charge in [0, 0.05) is 17.6 Å². The second-order valence-electron chi connectivity index (χ2n) is 3.62. The number of ether oxygens (including phenoxy) is 2. The summed E-state index contributed by atoms with van der Waals surface area (Å²) in [6, 6.07) is 0.226. The van der Waals surface area contributed by atoms with Crippen molar-refractivity contribution in [1.82, 2.24) is 5.32 Å².